The maximum absolute atomic E-state index is 12.2. The van der Waals surface area contributed by atoms with Gasteiger partial charge < -0.3 is 19.3 Å². The molecule has 2 aliphatic rings. The molecule has 2 bridgehead atoms. The van der Waals surface area contributed by atoms with Crippen molar-refractivity contribution in [3.63, 3.8) is 0 Å². The second-order valence-corrected chi connectivity index (χ2v) is 15.9. The van der Waals surface area contributed by atoms with Crippen LogP contribution >= 0.6 is 0 Å². The Morgan fingerprint density at radius 1 is 1.15 bits per heavy atom. The smallest absolute Gasteiger partial charge is 0.327 e. The predicted octanol–water partition coefficient (Wildman–Crippen LogP) is 3.97. The number of nitrogens with zero attached hydrogens (tertiary/aromatic N) is 1. The predicted molar refractivity (Wildman–Crippen MR) is 129 cm³/mol. The number of carboxylic acid groups (broad SMARTS) is 1. The van der Waals surface area contributed by atoms with Crippen molar-refractivity contribution in [3.05, 3.63) is 35.4 Å². The van der Waals surface area contributed by atoms with Crippen molar-refractivity contribution >= 4 is 25.9 Å². The average molecular weight is 476 g/mol. The molecule has 2 saturated heterocycles. The second-order valence-electron chi connectivity index (χ2n) is 10.2. The van der Waals surface area contributed by atoms with Gasteiger partial charge in [-0.3, -0.25) is 9.59 Å². The summed E-state index contributed by atoms with van der Waals surface area (Å²) in [6.07, 6.45) is 3.49. The number of aliphatic carboxylic acids is 1. The van der Waals surface area contributed by atoms with Gasteiger partial charge in [0.05, 0.1) is 31.8 Å². The zero-order valence-electron chi connectivity index (χ0n) is 20.2. The normalized spacial score (nSPS) is 24.7. The highest BCUT2D eigenvalue weighted by molar-refractivity contribution is 6.76. The fourth-order valence-electron chi connectivity index (χ4n) is 4.84. The summed E-state index contributed by atoms with van der Waals surface area (Å²) >= 11 is 0. The molecule has 33 heavy (non-hydrogen) atoms. The first-order chi connectivity index (χ1) is 15.7. The molecule has 0 unspecified atom stereocenters. The average Bonchev–Trinajstić information content (AvgIpc) is 3.35. The number of fused-ring (bicyclic) bond motifs is 2. The van der Waals surface area contributed by atoms with E-state index in [1.807, 2.05) is 18.2 Å². The van der Waals surface area contributed by atoms with Crippen LogP contribution in [0.1, 0.15) is 30.4 Å². The molecular weight excluding hydrogens is 438 g/mol. The molecule has 8 heteroatoms. The lowest BCUT2D eigenvalue weighted by molar-refractivity contribution is -0.141. The summed E-state index contributed by atoms with van der Waals surface area (Å²) in [4.78, 5) is 27.8. The number of ether oxygens (including phenoxy) is 3. The maximum Gasteiger partial charge on any atom is 0.327 e. The van der Waals surface area contributed by atoms with E-state index in [0.717, 1.165) is 36.4 Å². The summed E-state index contributed by atoms with van der Waals surface area (Å²) in [5.41, 5.74) is 2.20. The van der Waals surface area contributed by atoms with Crippen LogP contribution < -0.4 is 0 Å². The molecule has 0 aromatic heterocycles. The molecule has 3 rings (SSSR count). The van der Waals surface area contributed by atoms with E-state index in [0.29, 0.717) is 18.9 Å². The van der Waals surface area contributed by atoms with Gasteiger partial charge in [0.25, 0.3) is 0 Å². The SMILES string of the molecule is COC(=NCC(=O)OCC[Si](C)(C)C)[C@@H]1[C@H](Cc2ccccc2CCC(=O)O)[C@H]2CC[C@@H]1O2. The molecule has 182 valence electrons. The van der Waals surface area contributed by atoms with Crippen molar-refractivity contribution in [3.8, 4) is 0 Å². The number of hydrogen-bond donors (Lipinski definition) is 1. The van der Waals surface area contributed by atoms with Crippen molar-refractivity contribution < 1.29 is 28.9 Å². The Morgan fingerprint density at radius 3 is 2.52 bits per heavy atom. The number of methoxy groups -OCH3 is 1. The van der Waals surface area contributed by atoms with Gasteiger partial charge in [0.2, 0.25) is 0 Å². The summed E-state index contributed by atoms with van der Waals surface area (Å²) in [7, 11) is 0.340. The lowest BCUT2D eigenvalue weighted by atomic mass is 9.75. The highest BCUT2D eigenvalue weighted by Crippen LogP contribution is 2.46. The molecule has 0 radical (unpaired) electrons. The fraction of sp³-hybridized carbons (Fsp3) is 0.640. The Labute approximate surface area is 197 Å². The van der Waals surface area contributed by atoms with Gasteiger partial charge >= 0.3 is 11.9 Å². The molecule has 7 nitrogen and oxygen atoms in total. The standard InChI is InChI=1S/C25H37NO6Si/c1-30-25(26-16-23(29)31-13-14-33(2,3)4)24-19(20-10-11-21(24)32-20)15-18-8-6-5-7-17(18)9-12-22(27)28/h5-8,19-21,24H,9-16H2,1-4H3,(H,27,28)/t19-,20-,21+,24-/m1/s1. The minimum absolute atomic E-state index is 0.0175. The van der Waals surface area contributed by atoms with Gasteiger partial charge in [-0.05, 0) is 42.9 Å². The van der Waals surface area contributed by atoms with E-state index in [-0.39, 0.29) is 43.0 Å². The Morgan fingerprint density at radius 2 is 1.85 bits per heavy atom. The molecule has 0 saturated carbocycles. The van der Waals surface area contributed by atoms with Crippen LogP contribution in [0.25, 0.3) is 0 Å². The molecule has 2 fully saturated rings. The van der Waals surface area contributed by atoms with Crippen LogP contribution in [-0.2, 0) is 36.6 Å². The van der Waals surface area contributed by atoms with Crippen LogP contribution in [0.15, 0.2) is 29.3 Å². The Kier molecular flexibility index (Phi) is 8.70. The number of carbonyl (C=O) groups is 2. The summed E-state index contributed by atoms with van der Waals surface area (Å²) in [6, 6.07) is 8.95. The van der Waals surface area contributed by atoms with Gasteiger partial charge in [0.15, 0.2) is 5.90 Å². The Balaban J connectivity index is 1.69. The number of aliphatic imine (C=N–C) groups is 1. The molecule has 0 aliphatic carbocycles. The summed E-state index contributed by atoms with van der Waals surface area (Å²) in [6.45, 7) is 7.13. The summed E-state index contributed by atoms with van der Waals surface area (Å²) < 4.78 is 17.3. The van der Waals surface area contributed by atoms with Gasteiger partial charge in [-0.1, -0.05) is 43.9 Å². The van der Waals surface area contributed by atoms with Crippen molar-refractivity contribution in [1.29, 1.82) is 0 Å². The first-order valence-corrected chi connectivity index (χ1v) is 15.6. The number of rotatable bonds is 11. The zero-order valence-corrected chi connectivity index (χ0v) is 21.2. The van der Waals surface area contributed by atoms with E-state index >= 15 is 0 Å². The fourth-order valence-corrected chi connectivity index (χ4v) is 5.55. The van der Waals surface area contributed by atoms with Crippen LogP contribution in [0.2, 0.25) is 25.7 Å². The highest BCUT2D eigenvalue weighted by Gasteiger charge is 2.51. The van der Waals surface area contributed by atoms with Crippen molar-refractivity contribution in [2.75, 3.05) is 20.3 Å². The minimum Gasteiger partial charge on any atom is -0.484 e. The van der Waals surface area contributed by atoms with Crippen molar-refractivity contribution in [1.82, 2.24) is 0 Å². The number of aryl methyl sites for hydroxylation is 1. The Bertz CT molecular complexity index is 865. The van der Waals surface area contributed by atoms with Crippen LogP contribution in [0.5, 0.6) is 0 Å². The molecule has 2 heterocycles. The van der Waals surface area contributed by atoms with Crippen LogP contribution in [0, 0.1) is 11.8 Å². The van der Waals surface area contributed by atoms with E-state index in [4.69, 9.17) is 19.3 Å². The molecule has 1 aromatic rings. The van der Waals surface area contributed by atoms with Crippen molar-refractivity contribution in [2.45, 2.75) is 70.0 Å². The molecular formula is C25H37NO6Si. The van der Waals surface area contributed by atoms with Crippen LogP contribution in [0.4, 0.5) is 0 Å². The third-order valence-corrected chi connectivity index (χ3v) is 8.28. The number of esters is 1. The molecule has 4 atom stereocenters. The zero-order chi connectivity index (χ0) is 24.0. The number of benzene rings is 1. The first-order valence-electron chi connectivity index (χ1n) is 11.9. The summed E-state index contributed by atoms with van der Waals surface area (Å²) in [5.74, 6) is -0.413. The maximum atomic E-state index is 12.2. The van der Waals surface area contributed by atoms with Crippen LogP contribution in [0.3, 0.4) is 0 Å². The topological polar surface area (TPSA) is 94.4 Å². The molecule has 0 spiro atoms. The highest BCUT2D eigenvalue weighted by atomic mass is 28.3. The molecule has 2 aliphatic heterocycles. The lowest BCUT2D eigenvalue weighted by Crippen LogP contribution is -2.36. The Hall–Kier alpha value is -2.19. The second kappa shape index (κ2) is 11.3. The monoisotopic (exact) mass is 475 g/mol. The van der Waals surface area contributed by atoms with Crippen molar-refractivity contribution in [2.24, 2.45) is 16.8 Å². The lowest BCUT2D eigenvalue weighted by Gasteiger charge is -2.29. The number of carbonyl (C=O) groups excluding carboxylic acids is 1. The summed E-state index contributed by atoms with van der Waals surface area (Å²) in [5, 5.41) is 9.09. The van der Waals surface area contributed by atoms with E-state index < -0.39 is 14.0 Å². The van der Waals surface area contributed by atoms with E-state index in [9.17, 15) is 9.59 Å². The van der Waals surface area contributed by atoms with Gasteiger partial charge in [0.1, 0.15) is 6.54 Å². The number of carboxylic acids is 1. The molecule has 1 N–H and O–H groups in total. The quantitative estimate of drug-likeness (QED) is 0.225. The van der Waals surface area contributed by atoms with Crippen LogP contribution in [-0.4, -0.2) is 63.5 Å². The van der Waals surface area contributed by atoms with E-state index in [2.05, 4.69) is 30.7 Å². The number of hydrogen-bond acceptors (Lipinski definition) is 6. The third-order valence-electron chi connectivity index (χ3n) is 6.58. The van der Waals surface area contributed by atoms with Gasteiger partial charge in [-0.15, -0.1) is 0 Å². The minimum atomic E-state index is -1.26. The first kappa shape index (κ1) is 25.4. The van der Waals surface area contributed by atoms with Gasteiger partial charge in [-0.2, -0.15) is 0 Å². The van der Waals surface area contributed by atoms with Gasteiger partial charge in [-0.25, -0.2) is 4.99 Å². The largest absolute Gasteiger partial charge is 0.484 e. The third kappa shape index (κ3) is 7.14. The van der Waals surface area contributed by atoms with E-state index in [1.54, 1.807) is 7.11 Å². The molecule has 1 aromatic carbocycles. The van der Waals surface area contributed by atoms with Gasteiger partial charge in [0, 0.05) is 20.4 Å². The van der Waals surface area contributed by atoms with E-state index in [1.165, 1.54) is 0 Å². The molecule has 0 amide bonds.